The first-order valence-corrected chi connectivity index (χ1v) is 6.01. The number of aryl methyl sites for hydroxylation is 1. The summed E-state index contributed by atoms with van der Waals surface area (Å²) >= 11 is 0. The van der Waals surface area contributed by atoms with Gasteiger partial charge in [0, 0.05) is 32.0 Å². The van der Waals surface area contributed by atoms with Gasteiger partial charge in [0.05, 0.1) is 17.4 Å². The number of hydrogen-bond donors (Lipinski definition) is 1. The van der Waals surface area contributed by atoms with E-state index in [1.54, 1.807) is 12.4 Å². The average molecular weight is 220 g/mol. The van der Waals surface area contributed by atoms with Gasteiger partial charge >= 0.3 is 0 Å². The second kappa shape index (κ2) is 5.37. The standard InChI is InChI=1S/C12H20N4/c1-10-12(15-6-5-14-10)11(2)16-8-3-4-13-7-9-16/h5-6,11,13H,3-4,7-9H2,1-2H3. The van der Waals surface area contributed by atoms with E-state index in [4.69, 9.17) is 0 Å². The molecule has 1 fully saturated rings. The number of nitrogens with one attached hydrogen (secondary N) is 1. The molecule has 1 aliphatic heterocycles. The molecule has 1 aliphatic rings. The SMILES string of the molecule is Cc1nccnc1C(C)N1CCCNCC1. The Bertz CT molecular complexity index is 332. The van der Waals surface area contributed by atoms with E-state index < -0.39 is 0 Å². The summed E-state index contributed by atoms with van der Waals surface area (Å²) in [7, 11) is 0. The third kappa shape index (κ3) is 2.57. The highest BCUT2D eigenvalue weighted by Crippen LogP contribution is 2.20. The number of rotatable bonds is 2. The lowest BCUT2D eigenvalue weighted by atomic mass is 10.1. The molecule has 0 spiro atoms. The van der Waals surface area contributed by atoms with Crippen LogP contribution in [0.4, 0.5) is 0 Å². The molecule has 0 radical (unpaired) electrons. The van der Waals surface area contributed by atoms with Gasteiger partial charge in [-0.1, -0.05) is 0 Å². The zero-order chi connectivity index (χ0) is 11.4. The normalized spacial score (nSPS) is 20.4. The van der Waals surface area contributed by atoms with E-state index in [0.717, 1.165) is 37.6 Å². The number of nitrogens with zero attached hydrogens (tertiary/aromatic N) is 3. The minimum Gasteiger partial charge on any atom is -0.315 e. The number of aromatic nitrogens is 2. The quantitative estimate of drug-likeness (QED) is 0.811. The van der Waals surface area contributed by atoms with E-state index in [-0.39, 0.29) is 0 Å². The topological polar surface area (TPSA) is 41.1 Å². The van der Waals surface area contributed by atoms with Gasteiger partial charge < -0.3 is 5.32 Å². The van der Waals surface area contributed by atoms with Crippen molar-refractivity contribution in [1.82, 2.24) is 20.2 Å². The van der Waals surface area contributed by atoms with Crippen molar-refractivity contribution in [3.05, 3.63) is 23.8 Å². The van der Waals surface area contributed by atoms with Crippen LogP contribution in [0.3, 0.4) is 0 Å². The molecule has 0 bridgehead atoms. The molecule has 4 heteroatoms. The third-order valence-electron chi connectivity index (χ3n) is 3.24. The first kappa shape index (κ1) is 11.5. The Morgan fingerprint density at radius 2 is 2.06 bits per heavy atom. The molecule has 1 aromatic rings. The minimum absolute atomic E-state index is 0.369. The van der Waals surface area contributed by atoms with Crippen LogP contribution in [-0.4, -0.2) is 41.0 Å². The largest absolute Gasteiger partial charge is 0.315 e. The summed E-state index contributed by atoms with van der Waals surface area (Å²) in [6.45, 7) is 8.70. The van der Waals surface area contributed by atoms with E-state index in [0.29, 0.717) is 6.04 Å². The lowest BCUT2D eigenvalue weighted by molar-refractivity contribution is 0.220. The average Bonchev–Trinajstić information content (AvgIpc) is 2.57. The molecule has 2 rings (SSSR count). The van der Waals surface area contributed by atoms with Gasteiger partial charge in [-0.3, -0.25) is 14.9 Å². The fraction of sp³-hybridized carbons (Fsp3) is 0.667. The maximum atomic E-state index is 4.46. The molecule has 1 atom stereocenters. The highest BCUT2D eigenvalue weighted by molar-refractivity contribution is 5.12. The maximum Gasteiger partial charge on any atom is 0.0784 e. The lowest BCUT2D eigenvalue weighted by Gasteiger charge is -2.27. The first-order chi connectivity index (χ1) is 7.79. The van der Waals surface area contributed by atoms with Gasteiger partial charge in [0.25, 0.3) is 0 Å². The van der Waals surface area contributed by atoms with Gasteiger partial charge in [0.1, 0.15) is 0 Å². The number of hydrogen-bond acceptors (Lipinski definition) is 4. The Kier molecular flexibility index (Phi) is 3.85. The molecule has 2 heterocycles. The van der Waals surface area contributed by atoms with Crippen molar-refractivity contribution in [3.8, 4) is 0 Å². The van der Waals surface area contributed by atoms with Crippen molar-refractivity contribution in [1.29, 1.82) is 0 Å². The Morgan fingerprint density at radius 3 is 2.88 bits per heavy atom. The van der Waals surface area contributed by atoms with E-state index in [2.05, 4.69) is 27.1 Å². The van der Waals surface area contributed by atoms with Crippen LogP contribution in [0, 0.1) is 6.92 Å². The fourth-order valence-corrected chi connectivity index (χ4v) is 2.26. The van der Waals surface area contributed by atoms with Crippen molar-refractivity contribution in [3.63, 3.8) is 0 Å². The Labute approximate surface area is 97.1 Å². The van der Waals surface area contributed by atoms with Crippen LogP contribution in [0.5, 0.6) is 0 Å². The minimum atomic E-state index is 0.369. The molecule has 4 nitrogen and oxygen atoms in total. The molecule has 1 aromatic heterocycles. The van der Waals surface area contributed by atoms with E-state index in [1.165, 1.54) is 6.42 Å². The Morgan fingerprint density at radius 1 is 1.25 bits per heavy atom. The third-order valence-corrected chi connectivity index (χ3v) is 3.24. The van der Waals surface area contributed by atoms with Gasteiger partial charge in [0.15, 0.2) is 0 Å². The van der Waals surface area contributed by atoms with Crippen LogP contribution >= 0.6 is 0 Å². The van der Waals surface area contributed by atoms with Crippen LogP contribution in [0.15, 0.2) is 12.4 Å². The molecule has 88 valence electrons. The Hall–Kier alpha value is -1.00. The highest BCUT2D eigenvalue weighted by Gasteiger charge is 2.19. The van der Waals surface area contributed by atoms with Crippen LogP contribution in [0.25, 0.3) is 0 Å². The van der Waals surface area contributed by atoms with Crippen molar-refractivity contribution in [2.45, 2.75) is 26.3 Å². The van der Waals surface area contributed by atoms with Crippen molar-refractivity contribution >= 4 is 0 Å². The lowest BCUT2D eigenvalue weighted by Crippen LogP contribution is -2.31. The second-order valence-corrected chi connectivity index (χ2v) is 4.34. The molecule has 0 aromatic carbocycles. The molecule has 1 unspecified atom stereocenters. The van der Waals surface area contributed by atoms with Crippen LogP contribution in [0.2, 0.25) is 0 Å². The van der Waals surface area contributed by atoms with Gasteiger partial charge in [-0.2, -0.15) is 0 Å². The van der Waals surface area contributed by atoms with E-state index in [9.17, 15) is 0 Å². The van der Waals surface area contributed by atoms with Crippen LogP contribution < -0.4 is 5.32 Å². The molecule has 0 amide bonds. The summed E-state index contributed by atoms with van der Waals surface area (Å²) in [6, 6.07) is 0.369. The zero-order valence-electron chi connectivity index (χ0n) is 10.1. The van der Waals surface area contributed by atoms with Crippen LogP contribution in [-0.2, 0) is 0 Å². The fourth-order valence-electron chi connectivity index (χ4n) is 2.26. The molecule has 0 aliphatic carbocycles. The molecule has 0 saturated carbocycles. The van der Waals surface area contributed by atoms with Gasteiger partial charge in [-0.05, 0) is 26.8 Å². The highest BCUT2D eigenvalue weighted by atomic mass is 15.2. The van der Waals surface area contributed by atoms with Crippen molar-refractivity contribution in [2.75, 3.05) is 26.2 Å². The summed E-state index contributed by atoms with van der Waals surface area (Å²) in [6.07, 6.45) is 4.76. The summed E-state index contributed by atoms with van der Waals surface area (Å²) in [5.41, 5.74) is 2.16. The van der Waals surface area contributed by atoms with E-state index in [1.807, 2.05) is 6.92 Å². The van der Waals surface area contributed by atoms with E-state index >= 15 is 0 Å². The van der Waals surface area contributed by atoms with Crippen LogP contribution in [0.1, 0.15) is 30.8 Å². The molecular weight excluding hydrogens is 200 g/mol. The smallest absolute Gasteiger partial charge is 0.0784 e. The summed E-state index contributed by atoms with van der Waals surface area (Å²) in [5.74, 6) is 0. The maximum absolute atomic E-state index is 4.46. The monoisotopic (exact) mass is 220 g/mol. The second-order valence-electron chi connectivity index (χ2n) is 4.34. The van der Waals surface area contributed by atoms with Gasteiger partial charge in [-0.15, -0.1) is 0 Å². The molecule has 1 saturated heterocycles. The summed E-state index contributed by atoms with van der Waals surface area (Å²) in [5, 5.41) is 3.42. The zero-order valence-corrected chi connectivity index (χ0v) is 10.1. The Balaban J connectivity index is 2.11. The van der Waals surface area contributed by atoms with Gasteiger partial charge in [0.2, 0.25) is 0 Å². The molecule has 16 heavy (non-hydrogen) atoms. The predicted octanol–water partition coefficient (Wildman–Crippen LogP) is 1.14. The molecular formula is C12H20N4. The van der Waals surface area contributed by atoms with Crippen molar-refractivity contribution < 1.29 is 0 Å². The van der Waals surface area contributed by atoms with Gasteiger partial charge in [-0.25, -0.2) is 0 Å². The summed E-state index contributed by atoms with van der Waals surface area (Å²) in [4.78, 5) is 11.3. The van der Waals surface area contributed by atoms with Crippen molar-refractivity contribution in [2.24, 2.45) is 0 Å². The summed E-state index contributed by atoms with van der Waals surface area (Å²) < 4.78 is 0. The first-order valence-electron chi connectivity index (χ1n) is 6.01. The molecule has 1 N–H and O–H groups in total. The predicted molar refractivity (Wildman–Crippen MR) is 64.2 cm³/mol.